The zero-order valence-corrected chi connectivity index (χ0v) is 15.3. The Kier molecular flexibility index (Phi) is 5.14. The Hall–Kier alpha value is -1.94. The number of urea groups is 1. The van der Waals surface area contributed by atoms with Gasteiger partial charge in [0.2, 0.25) is 0 Å². The molecule has 126 valence electrons. The summed E-state index contributed by atoms with van der Waals surface area (Å²) in [6.45, 7) is 7.21. The van der Waals surface area contributed by atoms with E-state index in [4.69, 9.17) is 0 Å². The third-order valence-corrected chi connectivity index (χ3v) is 5.60. The maximum atomic E-state index is 12.7. The molecule has 0 aromatic heterocycles. The van der Waals surface area contributed by atoms with E-state index in [2.05, 4.69) is 43.4 Å². The van der Waals surface area contributed by atoms with E-state index < -0.39 is 0 Å². The van der Waals surface area contributed by atoms with Gasteiger partial charge in [-0.25, -0.2) is 4.79 Å². The van der Waals surface area contributed by atoms with E-state index in [-0.39, 0.29) is 11.4 Å². The molecular formula is C20H24N2OS. The largest absolute Gasteiger partial charge is 0.323 e. The Morgan fingerprint density at radius 3 is 2.42 bits per heavy atom. The minimum atomic E-state index is -0.0261. The second-order valence-corrected chi connectivity index (χ2v) is 7.72. The average molecular weight is 340 g/mol. The Labute approximate surface area is 148 Å². The van der Waals surface area contributed by atoms with E-state index >= 15 is 0 Å². The molecule has 1 aliphatic heterocycles. The lowest BCUT2D eigenvalue weighted by atomic mass is 10.0. The van der Waals surface area contributed by atoms with Gasteiger partial charge in [0.1, 0.15) is 5.37 Å². The zero-order chi connectivity index (χ0) is 17.1. The molecule has 1 unspecified atom stereocenters. The number of nitrogens with one attached hydrogen (secondary N) is 1. The molecule has 0 bridgehead atoms. The molecule has 2 aromatic carbocycles. The number of hydrogen-bond donors (Lipinski definition) is 1. The summed E-state index contributed by atoms with van der Waals surface area (Å²) in [6, 6.07) is 16.6. The van der Waals surface area contributed by atoms with Gasteiger partial charge in [-0.3, -0.25) is 0 Å². The fourth-order valence-corrected chi connectivity index (χ4v) is 4.09. The Morgan fingerprint density at radius 2 is 1.79 bits per heavy atom. The summed E-state index contributed by atoms with van der Waals surface area (Å²) >= 11 is 1.82. The third kappa shape index (κ3) is 3.75. The highest BCUT2D eigenvalue weighted by Gasteiger charge is 2.30. The van der Waals surface area contributed by atoms with Crippen molar-refractivity contribution in [1.82, 2.24) is 4.90 Å². The van der Waals surface area contributed by atoms with Gasteiger partial charge in [-0.1, -0.05) is 55.8 Å². The Morgan fingerprint density at radius 1 is 1.12 bits per heavy atom. The van der Waals surface area contributed by atoms with Crippen LogP contribution in [0.2, 0.25) is 0 Å². The van der Waals surface area contributed by atoms with Gasteiger partial charge in [0.25, 0.3) is 0 Å². The first-order valence-electron chi connectivity index (χ1n) is 8.40. The number of thioether (sulfide) groups is 1. The monoisotopic (exact) mass is 340 g/mol. The van der Waals surface area contributed by atoms with Crippen molar-refractivity contribution in [1.29, 1.82) is 0 Å². The summed E-state index contributed by atoms with van der Waals surface area (Å²) in [4.78, 5) is 14.6. The standard InChI is InChI=1S/C20H24N2OS/c1-14(2)16-6-8-17(9-7-16)19-22(12-13-24-19)20(23)21-18-10-4-15(3)5-11-18/h4-11,14,19H,12-13H2,1-3H3,(H,21,23). The van der Waals surface area contributed by atoms with Crippen LogP contribution in [0.4, 0.5) is 10.5 Å². The molecule has 1 saturated heterocycles. The molecule has 0 spiro atoms. The number of carbonyl (C=O) groups is 1. The van der Waals surface area contributed by atoms with E-state index in [0.717, 1.165) is 18.0 Å². The number of hydrogen-bond acceptors (Lipinski definition) is 2. The van der Waals surface area contributed by atoms with E-state index in [9.17, 15) is 4.79 Å². The maximum absolute atomic E-state index is 12.7. The maximum Gasteiger partial charge on any atom is 0.323 e. The molecule has 1 aliphatic rings. The fourth-order valence-electron chi connectivity index (χ4n) is 2.83. The second kappa shape index (κ2) is 7.31. The van der Waals surface area contributed by atoms with E-state index in [1.807, 2.05) is 47.9 Å². The van der Waals surface area contributed by atoms with Crippen LogP contribution in [0.5, 0.6) is 0 Å². The normalized spacial score (nSPS) is 17.3. The molecule has 24 heavy (non-hydrogen) atoms. The predicted molar refractivity (Wildman–Crippen MR) is 103 cm³/mol. The van der Waals surface area contributed by atoms with Crippen molar-refractivity contribution >= 4 is 23.5 Å². The van der Waals surface area contributed by atoms with Crippen LogP contribution in [-0.2, 0) is 0 Å². The molecule has 2 aromatic rings. The number of rotatable bonds is 3. The first-order valence-corrected chi connectivity index (χ1v) is 9.45. The number of carbonyl (C=O) groups excluding carboxylic acids is 1. The molecule has 4 heteroatoms. The summed E-state index contributed by atoms with van der Waals surface area (Å²) in [5, 5.41) is 3.11. The van der Waals surface area contributed by atoms with Crippen LogP contribution in [0.3, 0.4) is 0 Å². The number of anilines is 1. The van der Waals surface area contributed by atoms with Crippen molar-refractivity contribution < 1.29 is 4.79 Å². The van der Waals surface area contributed by atoms with Crippen molar-refractivity contribution in [2.45, 2.75) is 32.1 Å². The van der Waals surface area contributed by atoms with Gasteiger partial charge in [0, 0.05) is 18.0 Å². The quantitative estimate of drug-likeness (QED) is 0.811. The van der Waals surface area contributed by atoms with Crippen molar-refractivity contribution in [2.75, 3.05) is 17.6 Å². The highest BCUT2D eigenvalue weighted by atomic mass is 32.2. The molecule has 1 heterocycles. The predicted octanol–water partition coefficient (Wildman–Crippen LogP) is 5.40. The highest BCUT2D eigenvalue weighted by Crippen LogP contribution is 2.38. The van der Waals surface area contributed by atoms with Crippen LogP contribution in [0.25, 0.3) is 0 Å². The molecule has 1 fully saturated rings. The van der Waals surface area contributed by atoms with Gasteiger partial charge in [-0.2, -0.15) is 0 Å². The van der Waals surface area contributed by atoms with Crippen LogP contribution in [-0.4, -0.2) is 23.2 Å². The van der Waals surface area contributed by atoms with Crippen LogP contribution >= 0.6 is 11.8 Å². The van der Waals surface area contributed by atoms with Crippen molar-refractivity contribution in [3.63, 3.8) is 0 Å². The van der Waals surface area contributed by atoms with E-state index in [0.29, 0.717) is 5.92 Å². The zero-order valence-electron chi connectivity index (χ0n) is 14.5. The summed E-state index contributed by atoms with van der Waals surface area (Å²) in [5.74, 6) is 1.49. The van der Waals surface area contributed by atoms with E-state index in [1.165, 1.54) is 16.7 Å². The van der Waals surface area contributed by atoms with Crippen molar-refractivity contribution in [2.24, 2.45) is 0 Å². The lowest BCUT2D eigenvalue weighted by molar-refractivity contribution is 0.214. The molecule has 3 nitrogen and oxygen atoms in total. The lowest BCUT2D eigenvalue weighted by Crippen LogP contribution is -2.34. The molecule has 3 rings (SSSR count). The summed E-state index contributed by atoms with van der Waals surface area (Å²) in [5.41, 5.74) is 4.56. The topological polar surface area (TPSA) is 32.3 Å². The molecular weight excluding hydrogens is 316 g/mol. The minimum Gasteiger partial charge on any atom is -0.308 e. The smallest absolute Gasteiger partial charge is 0.308 e. The lowest BCUT2D eigenvalue weighted by Gasteiger charge is -2.24. The third-order valence-electron chi connectivity index (χ3n) is 4.34. The molecule has 1 N–H and O–H groups in total. The average Bonchev–Trinajstić information content (AvgIpc) is 3.07. The van der Waals surface area contributed by atoms with Crippen LogP contribution in [0.1, 0.15) is 41.8 Å². The molecule has 1 atom stereocenters. The van der Waals surface area contributed by atoms with Crippen molar-refractivity contribution in [3.05, 3.63) is 65.2 Å². The van der Waals surface area contributed by atoms with Gasteiger partial charge in [0.15, 0.2) is 0 Å². The summed E-state index contributed by atoms with van der Waals surface area (Å²) in [7, 11) is 0. The van der Waals surface area contributed by atoms with Crippen molar-refractivity contribution in [3.8, 4) is 0 Å². The SMILES string of the molecule is Cc1ccc(NC(=O)N2CCSC2c2ccc(C(C)C)cc2)cc1. The number of benzene rings is 2. The van der Waals surface area contributed by atoms with Gasteiger partial charge in [0.05, 0.1) is 0 Å². The van der Waals surface area contributed by atoms with Gasteiger partial charge < -0.3 is 10.2 Å². The first kappa shape index (κ1) is 16.9. The molecule has 2 amide bonds. The van der Waals surface area contributed by atoms with Crippen LogP contribution < -0.4 is 5.32 Å². The van der Waals surface area contributed by atoms with Crippen LogP contribution in [0.15, 0.2) is 48.5 Å². The van der Waals surface area contributed by atoms with E-state index in [1.54, 1.807) is 0 Å². The fraction of sp³-hybridized carbons (Fsp3) is 0.350. The molecule has 0 radical (unpaired) electrons. The highest BCUT2D eigenvalue weighted by molar-refractivity contribution is 7.99. The molecule has 0 aliphatic carbocycles. The molecule has 0 saturated carbocycles. The second-order valence-electron chi connectivity index (χ2n) is 6.53. The number of nitrogens with zero attached hydrogens (tertiary/aromatic N) is 1. The minimum absolute atomic E-state index is 0.0261. The Balaban J connectivity index is 1.72. The summed E-state index contributed by atoms with van der Waals surface area (Å²) < 4.78 is 0. The van der Waals surface area contributed by atoms with Gasteiger partial charge in [-0.05, 0) is 36.1 Å². The number of aryl methyl sites for hydroxylation is 1. The first-order chi connectivity index (χ1) is 11.5. The Bertz CT molecular complexity index is 695. The number of amides is 2. The van der Waals surface area contributed by atoms with Gasteiger partial charge >= 0.3 is 6.03 Å². The summed E-state index contributed by atoms with van der Waals surface area (Å²) in [6.07, 6.45) is 0. The van der Waals surface area contributed by atoms with Crippen LogP contribution in [0, 0.1) is 6.92 Å². The van der Waals surface area contributed by atoms with Gasteiger partial charge in [-0.15, -0.1) is 11.8 Å².